The van der Waals surface area contributed by atoms with E-state index >= 15 is 0 Å². The highest BCUT2D eigenvalue weighted by Gasteiger charge is 2.47. The van der Waals surface area contributed by atoms with E-state index in [2.05, 4.69) is 25.8 Å². The molecule has 1 aliphatic heterocycles. The Labute approximate surface area is 166 Å². The molecule has 0 saturated heterocycles. The Morgan fingerprint density at radius 3 is 2.86 bits per heavy atom. The fourth-order valence-electron chi connectivity index (χ4n) is 3.94. The SMILES string of the molecule is FC1CC(CNc2ccc(-c3nc4c(s3)CNCC4)nn2)(c2ccccn2)C1. The second-order valence-electron chi connectivity index (χ2n) is 7.47. The lowest BCUT2D eigenvalue weighted by Gasteiger charge is -2.43. The molecule has 2 N–H and O–H groups in total. The zero-order chi connectivity index (χ0) is 19.0. The van der Waals surface area contributed by atoms with Crippen LogP contribution in [0.5, 0.6) is 0 Å². The lowest BCUT2D eigenvalue weighted by molar-refractivity contribution is 0.0996. The third-order valence-corrected chi connectivity index (χ3v) is 6.65. The van der Waals surface area contributed by atoms with E-state index in [4.69, 9.17) is 4.98 Å². The Hall–Kier alpha value is -2.45. The van der Waals surface area contributed by atoms with E-state index in [0.717, 1.165) is 35.9 Å². The van der Waals surface area contributed by atoms with Gasteiger partial charge in [-0.1, -0.05) is 6.07 Å². The summed E-state index contributed by atoms with van der Waals surface area (Å²) in [6.07, 6.45) is 2.94. The van der Waals surface area contributed by atoms with E-state index in [0.29, 0.717) is 25.2 Å². The molecule has 3 aromatic heterocycles. The van der Waals surface area contributed by atoms with Gasteiger partial charge in [-0.15, -0.1) is 21.5 Å². The normalized spacial score (nSPS) is 23.7. The maximum absolute atomic E-state index is 13.7. The quantitative estimate of drug-likeness (QED) is 0.690. The number of pyridine rings is 1. The van der Waals surface area contributed by atoms with Crippen LogP contribution in [0.3, 0.4) is 0 Å². The van der Waals surface area contributed by atoms with E-state index in [1.54, 1.807) is 17.5 Å². The second-order valence-corrected chi connectivity index (χ2v) is 8.56. The summed E-state index contributed by atoms with van der Waals surface area (Å²) >= 11 is 1.68. The van der Waals surface area contributed by atoms with Gasteiger partial charge < -0.3 is 10.6 Å². The van der Waals surface area contributed by atoms with Crippen molar-refractivity contribution >= 4 is 17.2 Å². The summed E-state index contributed by atoms with van der Waals surface area (Å²) < 4.78 is 13.7. The number of nitrogens with zero attached hydrogens (tertiary/aromatic N) is 4. The van der Waals surface area contributed by atoms with Crippen LogP contribution in [-0.2, 0) is 18.4 Å². The van der Waals surface area contributed by atoms with Gasteiger partial charge in [-0.25, -0.2) is 9.37 Å². The number of hydrogen-bond acceptors (Lipinski definition) is 7. The van der Waals surface area contributed by atoms with E-state index < -0.39 is 6.17 Å². The predicted octanol–water partition coefficient (Wildman–Crippen LogP) is 3.12. The maximum Gasteiger partial charge on any atom is 0.148 e. The summed E-state index contributed by atoms with van der Waals surface area (Å²) in [6.45, 7) is 2.45. The number of halogens is 1. The van der Waals surface area contributed by atoms with Crippen LogP contribution in [0.1, 0.15) is 29.1 Å². The topological polar surface area (TPSA) is 75.6 Å². The van der Waals surface area contributed by atoms with Crippen LogP contribution >= 0.6 is 11.3 Å². The second kappa shape index (κ2) is 7.18. The molecule has 3 aromatic rings. The highest BCUT2D eigenvalue weighted by Crippen LogP contribution is 2.44. The van der Waals surface area contributed by atoms with Gasteiger partial charge in [-0.05, 0) is 37.1 Å². The lowest BCUT2D eigenvalue weighted by Crippen LogP contribution is -2.48. The average Bonchev–Trinajstić information content (AvgIpc) is 3.15. The molecule has 0 amide bonds. The molecule has 2 aliphatic rings. The van der Waals surface area contributed by atoms with Crippen LogP contribution < -0.4 is 10.6 Å². The third kappa shape index (κ3) is 3.27. The molecule has 0 bridgehead atoms. The number of fused-ring (bicyclic) bond motifs is 1. The summed E-state index contributed by atoms with van der Waals surface area (Å²) in [6, 6.07) is 9.67. The van der Waals surface area contributed by atoms with Crippen molar-refractivity contribution in [2.75, 3.05) is 18.4 Å². The number of anilines is 1. The Morgan fingerprint density at radius 2 is 2.14 bits per heavy atom. The number of nitrogens with one attached hydrogen (secondary N) is 2. The van der Waals surface area contributed by atoms with Crippen molar-refractivity contribution in [3.63, 3.8) is 0 Å². The van der Waals surface area contributed by atoms with Crippen LogP contribution in [0.4, 0.5) is 10.2 Å². The zero-order valence-electron chi connectivity index (χ0n) is 15.4. The standard InChI is InChI=1S/C20H21FN6S/c21-13-9-20(10-13,17-3-1-2-7-23-17)12-24-18-5-4-15(26-27-18)19-25-14-6-8-22-11-16(14)28-19/h1-5,7,13,22H,6,8-12H2,(H,24,27). The lowest BCUT2D eigenvalue weighted by atomic mass is 9.65. The van der Waals surface area contributed by atoms with E-state index in [-0.39, 0.29) is 5.41 Å². The first-order chi connectivity index (χ1) is 13.7. The number of hydrogen-bond donors (Lipinski definition) is 2. The number of rotatable bonds is 5. The fourth-order valence-corrected chi connectivity index (χ4v) is 4.99. The Bertz CT molecular complexity index is 929. The van der Waals surface area contributed by atoms with Crippen molar-refractivity contribution < 1.29 is 4.39 Å². The molecule has 1 fully saturated rings. The van der Waals surface area contributed by atoms with Crippen molar-refractivity contribution in [1.82, 2.24) is 25.5 Å². The molecule has 28 heavy (non-hydrogen) atoms. The first kappa shape index (κ1) is 17.6. The molecule has 5 rings (SSSR count). The first-order valence-corrected chi connectivity index (χ1v) is 10.4. The predicted molar refractivity (Wildman–Crippen MR) is 107 cm³/mol. The van der Waals surface area contributed by atoms with Gasteiger partial charge in [-0.3, -0.25) is 4.98 Å². The molecule has 6 nitrogen and oxygen atoms in total. The minimum absolute atomic E-state index is 0.275. The Balaban J connectivity index is 1.29. The average molecular weight is 396 g/mol. The van der Waals surface area contributed by atoms with Gasteiger partial charge >= 0.3 is 0 Å². The maximum atomic E-state index is 13.7. The van der Waals surface area contributed by atoms with Gasteiger partial charge in [0, 0.05) is 48.2 Å². The monoisotopic (exact) mass is 396 g/mol. The molecule has 0 radical (unpaired) electrons. The van der Waals surface area contributed by atoms with Gasteiger partial charge in [0.1, 0.15) is 22.7 Å². The van der Waals surface area contributed by atoms with Crippen LogP contribution in [-0.4, -0.2) is 39.4 Å². The summed E-state index contributed by atoms with van der Waals surface area (Å²) in [4.78, 5) is 10.4. The molecule has 0 unspecified atom stereocenters. The van der Waals surface area contributed by atoms with Crippen molar-refractivity contribution in [3.8, 4) is 10.7 Å². The number of alkyl halides is 1. The van der Waals surface area contributed by atoms with Gasteiger partial charge in [-0.2, -0.15) is 0 Å². The minimum atomic E-state index is -0.761. The van der Waals surface area contributed by atoms with Gasteiger partial charge in [0.15, 0.2) is 0 Å². The smallest absolute Gasteiger partial charge is 0.148 e. The van der Waals surface area contributed by atoms with Crippen molar-refractivity contribution in [2.24, 2.45) is 0 Å². The molecule has 0 atom stereocenters. The Kier molecular flexibility index (Phi) is 4.52. The largest absolute Gasteiger partial charge is 0.368 e. The van der Waals surface area contributed by atoms with Crippen LogP contribution in [0.15, 0.2) is 36.5 Å². The van der Waals surface area contributed by atoms with Crippen molar-refractivity contribution in [2.45, 2.75) is 37.4 Å². The molecule has 4 heterocycles. The van der Waals surface area contributed by atoms with E-state index in [1.807, 2.05) is 30.3 Å². The molecule has 1 saturated carbocycles. The summed E-state index contributed by atoms with van der Waals surface area (Å²) in [5, 5.41) is 16.3. The third-order valence-electron chi connectivity index (χ3n) is 5.53. The molecular formula is C20H21FN6S. The molecule has 1 aliphatic carbocycles. The Morgan fingerprint density at radius 1 is 1.21 bits per heavy atom. The molecule has 0 spiro atoms. The van der Waals surface area contributed by atoms with Crippen molar-refractivity contribution in [1.29, 1.82) is 0 Å². The molecule has 8 heteroatoms. The number of aromatic nitrogens is 4. The minimum Gasteiger partial charge on any atom is -0.368 e. The highest BCUT2D eigenvalue weighted by atomic mass is 32.1. The van der Waals surface area contributed by atoms with E-state index in [9.17, 15) is 4.39 Å². The molecule has 144 valence electrons. The summed E-state index contributed by atoms with van der Waals surface area (Å²) in [7, 11) is 0. The molecular weight excluding hydrogens is 375 g/mol. The first-order valence-electron chi connectivity index (χ1n) is 9.55. The van der Waals surface area contributed by atoms with E-state index in [1.165, 1.54) is 10.6 Å². The number of thiazole rings is 1. The summed E-state index contributed by atoms with van der Waals surface area (Å²) in [5.41, 5.74) is 2.62. The highest BCUT2D eigenvalue weighted by molar-refractivity contribution is 7.15. The summed E-state index contributed by atoms with van der Waals surface area (Å²) in [5.74, 6) is 0.685. The fraction of sp³-hybridized carbons (Fsp3) is 0.400. The van der Waals surface area contributed by atoms with Crippen LogP contribution in [0, 0.1) is 0 Å². The van der Waals surface area contributed by atoms with Crippen molar-refractivity contribution in [3.05, 3.63) is 52.8 Å². The van der Waals surface area contributed by atoms with Crippen LogP contribution in [0.2, 0.25) is 0 Å². The van der Waals surface area contributed by atoms with Crippen LogP contribution in [0.25, 0.3) is 10.7 Å². The molecule has 0 aromatic carbocycles. The van der Waals surface area contributed by atoms with Gasteiger partial charge in [0.2, 0.25) is 0 Å². The van der Waals surface area contributed by atoms with Gasteiger partial charge in [0.05, 0.1) is 5.69 Å². The van der Waals surface area contributed by atoms with Gasteiger partial charge in [0.25, 0.3) is 0 Å². The zero-order valence-corrected chi connectivity index (χ0v) is 16.2.